The molecule has 1 aromatic rings. The Morgan fingerprint density at radius 2 is 2.13 bits per heavy atom. The van der Waals surface area contributed by atoms with E-state index < -0.39 is 11.5 Å². The summed E-state index contributed by atoms with van der Waals surface area (Å²) in [5.41, 5.74) is -0.404. The van der Waals surface area contributed by atoms with Crippen LogP contribution in [-0.4, -0.2) is 10.9 Å². The van der Waals surface area contributed by atoms with Gasteiger partial charge in [0, 0.05) is 10.6 Å². The van der Waals surface area contributed by atoms with Gasteiger partial charge >= 0.3 is 5.70 Å². The fourth-order valence-electron chi connectivity index (χ4n) is 0.941. The van der Waals surface area contributed by atoms with Crippen LogP contribution < -0.4 is 0 Å². The van der Waals surface area contributed by atoms with Crippen LogP contribution in [0.25, 0.3) is 4.98 Å². The summed E-state index contributed by atoms with van der Waals surface area (Å²) in [6.45, 7) is 0. The summed E-state index contributed by atoms with van der Waals surface area (Å²) in [5, 5.41) is 17.5. The maximum Gasteiger partial charge on any atom is 0.465 e. The van der Waals surface area contributed by atoms with E-state index in [4.69, 9.17) is 33.7 Å². The van der Waals surface area contributed by atoms with Gasteiger partial charge in [0.25, 0.3) is 5.78 Å². The number of rotatable bonds is 2. The van der Waals surface area contributed by atoms with Crippen molar-refractivity contribution in [1.29, 1.82) is 5.39 Å². The van der Waals surface area contributed by atoms with Crippen molar-refractivity contribution < 1.29 is 9.90 Å². The molecule has 0 saturated heterocycles. The largest absolute Gasteiger partial charge is 0.508 e. The van der Waals surface area contributed by atoms with Crippen LogP contribution in [0.1, 0.15) is 10.4 Å². The molecule has 0 atom stereocenters. The van der Waals surface area contributed by atoms with Crippen LogP contribution in [0.4, 0.5) is 0 Å². The Morgan fingerprint density at radius 1 is 1.47 bits per heavy atom. The van der Waals surface area contributed by atoms with Crippen molar-refractivity contribution in [3.05, 3.63) is 50.7 Å². The van der Waals surface area contributed by atoms with E-state index in [9.17, 15) is 4.79 Å². The number of Topliss-reactive ketones (excluding diaryl/α,β-unsaturated/α-hetero) is 1. The Balaban J connectivity index is 3.19. The molecule has 15 heavy (non-hydrogen) atoms. The predicted molar refractivity (Wildman–Crippen MR) is 56.6 cm³/mol. The molecule has 0 aliphatic heterocycles. The van der Waals surface area contributed by atoms with E-state index in [1.54, 1.807) is 0 Å². The average Bonchev–Trinajstić information content (AvgIpc) is 2.19. The van der Waals surface area contributed by atoms with E-state index in [1.807, 2.05) is 0 Å². The number of hydrogen-bond donors (Lipinski definition) is 1. The van der Waals surface area contributed by atoms with Crippen molar-refractivity contribution in [2.24, 2.45) is 0 Å². The monoisotopic (exact) mass is 243 g/mol. The van der Waals surface area contributed by atoms with Crippen LogP contribution in [0, 0.1) is 5.39 Å². The van der Waals surface area contributed by atoms with Crippen molar-refractivity contribution >= 4 is 29.0 Å². The van der Waals surface area contributed by atoms with Gasteiger partial charge in [-0.25, -0.2) is 0 Å². The lowest BCUT2D eigenvalue weighted by Crippen LogP contribution is -2.01. The van der Waals surface area contributed by atoms with Gasteiger partial charge in [-0.15, -0.1) is 0 Å². The molecule has 0 bridgehead atoms. The van der Waals surface area contributed by atoms with Crippen molar-refractivity contribution in [2.45, 2.75) is 0 Å². The third-order valence-electron chi connectivity index (χ3n) is 1.64. The van der Waals surface area contributed by atoms with Gasteiger partial charge in [-0.3, -0.25) is 4.79 Å². The summed E-state index contributed by atoms with van der Waals surface area (Å²) in [7, 11) is 0. The quantitative estimate of drug-likeness (QED) is 0.375. The number of aliphatic hydroxyl groups is 1. The molecule has 0 fully saturated rings. The minimum atomic E-state index is -0.693. The van der Waals surface area contributed by atoms with Gasteiger partial charge < -0.3 is 5.11 Å². The Kier molecular flexibility index (Phi) is 3.67. The summed E-state index contributed by atoms with van der Waals surface area (Å²) in [4.78, 5) is 14.1. The highest BCUT2D eigenvalue weighted by molar-refractivity contribution is 6.37. The van der Waals surface area contributed by atoms with Gasteiger partial charge in [0.2, 0.25) is 5.39 Å². The molecule has 0 spiro atoms. The number of carbonyl (C=O) groups excluding carboxylic acids is 1. The Hall–Kier alpha value is -1.57. The first-order chi connectivity index (χ1) is 7.10. The molecule has 0 radical (unpaired) electrons. The van der Waals surface area contributed by atoms with Crippen molar-refractivity contribution in [1.82, 2.24) is 0 Å². The molecule has 4 nitrogen and oxygen atoms in total. The molecule has 1 aromatic carbocycles. The lowest BCUT2D eigenvalue weighted by molar-refractivity contribution is 0.103. The van der Waals surface area contributed by atoms with Crippen LogP contribution >= 0.6 is 23.2 Å². The number of aliphatic hydroxyl groups excluding tert-OH is 1. The van der Waals surface area contributed by atoms with Crippen LogP contribution in [0.15, 0.2) is 30.2 Å². The summed E-state index contributed by atoms with van der Waals surface area (Å²) in [6.07, 6.45) is 0.396. The molecule has 0 heterocycles. The minimum absolute atomic E-state index is 0.0965. The number of benzene rings is 1. The molecule has 0 aliphatic carbocycles. The fraction of sp³-hybridized carbons (Fsp3) is 0. The first-order valence-corrected chi connectivity index (χ1v) is 4.55. The summed E-state index contributed by atoms with van der Waals surface area (Å²) < 4.78 is 0. The molecule has 0 amide bonds. The zero-order chi connectivity index (χ0) is 11.4. The minimum Gasteiger partial charge on any atom is -0.508 e. The first kappa shape index (κ1) is 11.5. The van der Waals surface area contributed by atoms with E-state index in [0.29, 0.717) is 11.3 Å². The average molecular weight is 244 g/mol. The fourth-order valence-corrected chi connectivity index (χ4v) is 1.44. The van der Waals surface area contributed by atoms with Gasteiger partial charge in [-0.05, 0) is 18.2 Å². The standard InChI is InChI=1S/C9H4Cl2N2O2/c10-5-1-2-6(7(11)3-5)9(15)8(4-14)13-12/h1-4H/p+1. The number of ketones is 1. The molecular weight excluding hydrogens is 239 g/mol. The molecule has 6 heteroatoms. The smallest absolute Gasteiger partial charge is 0.465 e. The van der Waals surface area contributed by atoms with Crippen LogP contribution in [0.5, 0.6) is 0 Å². The lowest BCUT2D eigenvalue weighted by Gasteiger charge is -1.97. The van der Waals surface area contributed by atoms with Crippen molar-refractivity contribution in [2.75, 3.05) is 0 Å². The van der Waals surface area contributed by atoms with Gasteiger partial charge in [-0.2, -0.15) is 0 Å². The number of nitrogens with zero attached hydrogens (tertiary/aromatic N) is 2. The van der Waals surface area contributed by atoms with Gasteiger partial charge in [0.05, 0.1) is 5.02 Å². The normalized spacial score (nSPS) is 10.9. The van der Waals surface area contributed by atoms with Crippen LogP contribution in [0.3, 0.4) is 0 Å². The Morgan fingerprint density at radius 3 is 2.60 bits per heavy atom. The highest BCUT2D eigenvalue weighted by Gasteiger charge is 2.26. The second-order valence-corrected chi connectivity index (χ2v) is 3.41. The third kappa shape index (κ3) is 2.46. The maximum atomic E-state index is 11.5. The van der Waals surface area contributed by atoms with Gasteiger partial charge in [-0.1, -0.05) is 23.2 Å². The molecule has 1 N–H and O–H groups in total. The van der Waals surface area contributed by atoms with Gasteiger partial charge in [0.15, 0.2) is 11.2 Å². The molecule has 0 unspecified atom stereocenters. The molecule has 0 aliphatic rings. The van der Waals surface area contributed by atoms with E-state index in [2.05, 4.69) is 4.98 Å². The van der Waals surface area contributed by atoms with Gasteiger partial charge in [0.1, 0.15) is 0 Å². The topological polar surface area (TPSA) is 65.4 Å². The van der Waals surface area contributed by atoms with E-state index in [-0.39, 0.29) is 10.6 Å². The zero-order valence-electron chi connectivity index (χ0n) is 7.32. The summed E-state index contributed by atoms with van der Waals surface area (Å²) in [6, 6.07) is 4.22. The third-order valence-corrected chi connectivity index (χ3v) is 2.19. The van der Waals surface area contributed by atoms with Crippen LogP contribution in [0.2, 0.25) is 10.0 Å². The zero-order valence-corrected chi connectivity index (χ0v) is 8.83. The number of halogens is 2. The lowest BCUT2D eigenvalue weighted by atomic mass is 10.1. The molecule has 0 saturated carbocycles. The Bertz CT molecular complexity index is 477. The van der Waals surface area contributed by atoms with Crippen molar-refractivity contribution in [3.63, 3.8) is 0 Å². The van der Waals surface area contributed by atoms with Crippen LogP contribution in [-0.2, 0) is 0 Å². The number of carbonyl (C=O) groups is 1. The molecular formula is C9H5Cl2N2O2+. The molecule has 1 rings (SSSR count). The molecule has 0 aromatic heterocycles. The Labute approximate surface area is 95.4 Å². The number of allylic oxidation sites excluding steroid dienone is 1. The number of hydrogen-bond acceptors (Lipinski definition) is 3. The predicted octanol–water partition coefficient (Wildman–Crippen LogP) is 3.43. The first-order valence-electron chi connectivity index (χ1n) is 3.79. The second kappa shape index (κ2) is 4.78. The highest BCUT2D eigenvalue weighted by Crippen LogP contribution is 2.23. The maximum absolute atomic E-state index is 11.5. The van der Waals surface area contributed by atoms with E-state index in [1.165, 1.54) is 18.2 Å². The molecule has 76 valence electrons. The van der Waals surface area contributed by atoms with E-state index in [0.717, 1.165) is 0 Å². The SMILES string of the molecule is N#[N+]/C(=C/O)C(=O)c1ccc(Cl)cc1Cl. The number of diazo groups is 1. The summed E-state index contributed by atoms with van der Waals surface area (Å²) in [5.74, 6) is -0.693. The second-order valence-electron chi connectivity index (χ2n) is 2.57. The van der Waals surface area contributed by atoms with Crippen molar-refractivity contribution in [3.8, 4) is 0 Å². The summed E-state index contributed by atoms with van der Waals surface area (Å²) >= 11 is 11.4. The van der Waals surface area contributed by atoms with E-state index >= 15 is 0 Å². The highest BCUT2D eigenvalue weighted by atomic mass is 35.5.